The van der Waals surface area contributed by atoms with Gasteiger partial charge in [0.25, 0.3) is 0 Å². The van der Waals surface area contributed by atoms with Gasteiger partial charge in [0, 0.05) is 6.54 Å². The van der Waals surface area contributed by atoms with Crippen molar-refractivity contribution in [3.05, 3.63) is 65.7 Å². The zero-order valence-electron chi connectivity index (χ0n) is 12.5. The zero-order valence-corrected chi connectivity index (χ0v) is 14.1. The van der Waals surface area contributed by atoms with Crippen molar-refractivity contribution in [3.8, 4) is 5.75 Å². The molecule has 1 atom stereocenters. The molecule has 22 heavy (non-hydrogen) atoms. The van der Waals surface area contributed by atoms with E-state index in [0.717, 1.165) is 5.56 Å². The predicted octanol–water partition coefficient (Wildman–Crippen LogP) is 4.86. The minimum Gasteiger partial charge on any atom is -0.497 e. The summed E-state index contributed by atoms with van der Waals surface area (Å²) in [4.78, 5) is -1.41. The van der Waals surface area contributed by atoms with Crippen molar-refractivity contribution in [2.75, 3.05) is 14.2 Å². The lowest BCUT2D eigenvalue weighted by Crippen LogP contribution is -2.34. The minimum atomic E-state index is -3.04. The summed E-state index contributed by atoms with van der Waals surface area (Å²) in [5.74, 6) is 0.645. The van der Waals surface area contributed by atoms with Crippen LogP contribution in [0.2, 0.25) is 0 Å². The Morgan fingerprint density at radius 1 is 1.09 bits per heavy atom. The van der Waals surface area contributed by atoms with Crippen molar-refractivity contribution >= 4 is 15.9 Å². The molecule has 118 valence electrons. The Kier molecular flexibility index (Phi) is 5.53. The van der Waals surface area contributed by atoms with Gasteiger partial charge in [0.05, 0.1) is 7.11 Å². The summed E-state index contributed by atoms with van der Waals surface area (Å²) in [5, 5.41) is 0. The topological polar surface area (TPSA) is 12.5 Å². The van der Waals surface area contributed by atoms with E-state index in [1.807, 2.05) is 30.3 Å². The third kappa shape index (κ3) is 4.27. The fourth-order valence-electron chi connectivity index (χ4n) is 2.44. The Hall–Kier alpha value is -1.46. The van der Waals surface area contributed by atoms with Crippen molar-refractivity contribution < 1.29 is 13.5 Å². The number of halogens is 3. The average Bonchev–Trinajstić information content (AvgIpc) is 2.47. The summed E-state index contributed by atoms with van der Waals surface area (Å²) >= 11 is 2.53. The molecule has 0 fully saturated rings. The Morgan fingerprint density at radius 2 is 1.68 bits per heavy atom. The van der Waals surface area contributed by atoms with Crippen LogP contribution in [0.15, 0.2) is 54.6 Å². The van der Waals surface area contributed by atoms with Crippen LogP contribution in [-0.4, -0.2) is 23.9 Å². The number of benzene rings is 2. The first-order valence-corrected chi connectivity index (χ1v) is 7.66. The highest BCUT2D eigenvalue weighted by Crippen LogP contribution is 2.41. The molecule has 2 nitrogen and oxygen atoms in total. The number of rotatable bonds is 6. The molecule has 0 N–H and O–H groups in total. The molecule has 0 bridgehead atoms. The second kappa shape index (κ2) is 7.20. The lowest BCUT2D eigenvalue weighted by molar-refractivity contribution is 0.00784. The van der Waals surface area contributed by atoms with Gasteiger partial charge < -0.3 is 4.74 Å². The molecule has 2 aromatic rings. The molecule has 2 aromatic carbocycles. The van der Waals surface area contributed by atoms with E-state index in [-0.39, 0.29) is 0 Å². The molecule has 1 unspecified atom stereocenters. The SMILES string of the molecule is COc1ccc(C(N(C)Cc2ccccc2)C(F)(F)Br)cc1. The molecular weight excluding hydrogens is 352 g/mol. The van der Waals surface area contributed by atoms with Gasteiger partial charge in [0.2, 0.25) is 0 Å². The second-order valence-corrected chi connectivity index (χ2v) is 6.18. The summed E-state index contributed by atoms with van der Waals surface area (Å²) in [5.41, 5.74) is 1.52. The van der Waals surface area contributed by atoms with Gasteiger partial charge in [0.1, 0.15) is 11.8 Å². The van der Waals surface area contributed by atoms with E-state index in [1.165, 1.54) is 0 Å². The summed E-state index contributed by atoms with van der Waals surface area (Å²) in [6.45, 7) is 0.429. The van der Waals surface area contributed by atoms with Gasteiger partial charge in [-0.2, -0.15) is 8.78 Å². The van der Waals surface area contributed by atoms with E-state index in [1.54, 1.807) is 43.3 Å². The average molecular weight is 370 g/mol. The van der Waals surface area contributed by atoms with Gasteiger partial charge in [-0.05, 0) is 46.2 Å². The summed E-state index contributed by atoms with van der Waals surface area (Å²) < 4.78 is 33.2. The molecular formula is C17H18BrF2NO. The number of methoxy groups -OCH3 is 1. The van der Waals surface area contributed by atoms with Gasteiger partial charge >= 0.3 is 4.83 Å². The van der Waals surface area contributed by atoms with Crippen LogP contribution in [0.3, 0.4) is 0 Å². The first kappa shape index (κ1) is 16.9. The summed E-state index contributed by atoms with van der Waals surface area (Å²) in [7, 11) is 3.24. The second-order valence-electron chi connectivity index (χ2n) is 5.12. The third-order valence-electron chi connectivity index (χ3n) is 3.46. The molecule has 0 saturated carbocycles. The minimum absolute atomic E-state index is 0.429. The molecule has 0 saturated heterocycles. The van der Waals surface area contributed by atoms with Crippen LogP contribution in [0.25, 0.3) is 0 Å². The zero-order chi connectivity index (χ0) is 16.2. The van der Waals surface area contributed by atoms with Gasteiger partial charge in [-0.25, -0.2) is 0 Å². The summed E-state index contributed by atoms with van der Waals surface area (Å²) in [6, 6.07) is 15.2. The Morgan fingerprint density at radius 3 is 2.18 bits per heavy atom. The fourth-order valence-corrected chi connectivity index (χ4v) is 3.06. The first-order chi connectivity index (χ1) is 10.4. The smallest absolute Gasteiger partial charge is 0.320 e. The van der Waals surface area contributed by atoms with E-state index >= 15 is 0 Å². The van der Waals surface area contributed by atoms with Crippen LogP contribution in [0.4, 0.5) is 8.78 Å². The van der Waals surface area contributed by atoms with Crippen molar-refractivity contribution in [1.29, 1.82) is 0 Å². The molecule has 2 rings (SSSR count). The molecule has 0 amide bonds. The highest BCUT2D eigenvalue weighted by Gasteiger charge is 2.40. The van der Waals surface area contributed by atoms with E-state index in [9.17, 15) is 8.78 Å². The number of ether oxygens (including phenoxy) is 1. The number of alkyl halides is 3. The van der Waals surface area contributed by atoms with Crippen LogP contribution in [0.5, 0.6) is 5.75 Å². The Bertz CT molecular complexity index is 584. The summed E-state index contributed by atoms with van der Waals surface area (Å²) in [6.07, 6.45) is 0. The highest BCUT2D eigenvalue weighted by molar-refractivity contribution is 9.10. The van der Waals surface area contributed by atoms with Gasteiger partial charge in [-0.1, -0.05) is 42.5 Å². The molecule has 5 heteroatoms. The number of hydrogen-bond donors (Lipinski definition) is 0. The van der Waals surface area contributed by atoms with Gasteiger partial charge in [-0.3, -0.25) is 4.90 Å². The van der Waals surface area contributed by atoms with Crippen LogP contribution < -0.4 is 4.74 Å². The molecule has 0 aliphatic rings. The maximum atomic E-state index is 14.1. The molecule has 0 aliphatic heterocycles. The van der Waals surface area contributed by atoms with Crippen molar-refractivity contribution in [3.63, 3.8) is 0 Å². The van der Waals surface area contributed by atoms with Crippen molar-refractivity contribution in [1.82, 2.24) is 4.90 Å². The molecule has 0 aliphatic carbocycles. The van der Waals surface area contributed by atoms with E-state index in [0.29, 0.717) is 17.9 Å². The lowest BCUT2D eigenvalue weighted by atomic mass is 10.0. The van der Waals surface area contributed by atoms with Crippen molar-refractivity contribution in [2.24, 2.45) is 0 Å². The largest absolute Gasteiger partial charge is 0.497 e. The molecule has 0 heterocycles. The van der Waals surface area contributed by atoms with Crippen molar-refractivity contribution in [2.45, 2.75) is 17.4 Å². The van der Waals surface area contributed by atoms with Crippen LogP contribution in [-0.2, 0) is 6.54 Å². The normalized spacial score (nSPS) is 13.2. The fraction of sp³-hybridized carbons (Fsp3) is 0.294. The first-order valence-electron chi connectivity index (χ1n) is 6.86. The maximum Gasteiger partial charge on any atom is 0.320 e. The predicted molar refractivity (Wildman–Crippen MR) is 87.5 cm³/mol. The number of hydrogen-bond acceptors (Lipinski definition) is 2. The van der Waals surface area contributed by atoms with Gasteiger partial charge in [-0.15, -0.1) is 0 Å². The Balaban J connectivity index is 2.25. The Labute approximate surface area is 137 Å². The van der Waals surface area contributed by atoms with E-state index in [2.05, 4.69) is 15.9 Å². The monoisotopic (exact) mass is 369 g/mol. The lowest BCUT2D eigenvalue weighted by Gasteiger charge is -2.31. The third-order valence-corrected chi connectivity index (χ3v) is 3.89. The highest BCUT2D eigenvalue weighted by atomic mass is 79.9. The van der Waals surface area contributed by atoms with Crippen LogP contribution >= 0.6 is 15.9 Å². The standard InChI is InChI=1S/C17H18BrF2NO/c1-21(12-13-6-4-3-5-7-13)16(17(18,19)20)14-8-10-15(22-2)11-9-14/h3-11,16H,12H2,1-2H3. The quantitative estimate of drug-likeness (QED) is 0.674. The van der Waals surface area contributed by atoms with Crippen LogP contribution in [0, 0.1) is 0 Å². The van der Waals surface area contributed by atoms with E-state index < -0.39 is 10.9 Å². The molecule has 0 radical (unpaired) electrons. The maximum absolute atomic E-state index is 14.1. The van der Waals surface area contributed by atoms with E-state index in [4.69, 9.17) is 4.74 Å². The molecule has 0 spiro atoms. The van der Waals surface area contributed by atoms with Crippen LogP contribution in [0.1, 0.15) is 17.2 Å². The number of nitrogens with zero attached hydrogens (tertiary/aromatic N) is 1. The molecule has 0 aromatic heterocycles. The van der Waals surface area contributed by atoms with Gasteiger partial charge in [0.15, 0.2) is 0 Å².